The average molecular weight is 593 g/mol. The summed E-state index contributed by atoms with van der Waals surface area (Å²) in [5.74, 6) is 0.873. The molecule has 1 aliphatic heterocycles. The van der Waals surface area contributed by atoms with E-state index in [9.17, 15) is 9.59 Å². The van der Waals surface area contributed by atoms with Gasteiger partial charge in [-0.3, -0.25) is 9.69 Å². The summed E-state index contributed by atoms with van der Waals surface area (Å²) < 4.78 is 18.1. The monoisotopic (exact) mass is 591 g/mol. The van der Waals surface area contributed by atoms with Gasteiger partial charge in [-0.1, -0.05) is 68.2 Å². The number of hydrogen-bond donors (Lipinski definition) is 0. The van der Waals surface area contributed by atoms with Crippen molar-refractivity contribution in [2.24, 2.45) is 5.92 Å². The average Bonchev–Trinajstić information content (AvgIpc) is 3.09. The molecule has 1 amide bonds. The molecule has 2 aromatic rings. The van der Waals surface area contributed by atoms with Gasteiger partial charge < -0.3 is 14.2 Å². The maximum Gasteiger partial charge on any atom is 0.333 e. The third-order valence-electron chi connectivity index (χ3n) is 5.28. The Kier molecular flexibility index (Phi) is 10.4. The first-order chi connectivity index (χ1) is 17.3. The summed E-state index contributed by atoms with van der Waals surface area (Å²) >= 11 is 10.3. The van der Waals surface area contributed by atoms with Crippen LogP contribution in [0.4, 0.5) is 0 Å². The van der Waals surface area contributed by atoms with Gasteiger partial charge in [0, 0.05) is 0 Å². The molecule has 2 aromatic carbocycles. The molecule has 1 atom stereocenters. The Morgan fingerprint density at radius 2 is 1.86 bits per heavy atom. The van der Waals surface area contributed by atoms with Gasteiger partial charge in [0.05, 0.1) is 29.2 Å². The molecule has 0 aromatic heterocycles. The molecule has 3 rings (SSSR count). The fourth-order valence-electron chi connectivity index (χ4n) is 3.57. The predicted octanol–water partition coefficient (Wildman–Crippen LogP) is 6.78. The quantitative estimate of drug-likeness (QED) is 0.162. The van der Waals surface area contributed by atoms with E-state index in [4.69, 9.17) is 26.4 Å². The van der Waals surface area contributed by atoms with Gasteiger partial charge in [0.1, 0.15) is 4.32 Å². The fraction of sp³-hybridized carbons (Fsp3) is 0.370. The lowest BCUT2D eigenvalue weighted by Gasteiger charge is -2.25. The third-order valence-corrected chi connectivity index (χ3v) is 7.20. The molecule has 1 aliphatic rings. The molecule has 0 bridgehead atoms. The zero-order chi connectivity index (χ0) is 26.2. The van der Waals surface area contributed by atoms with Crippen LogP contribution < -0.4 is 9.47 Å². The molecule has 1 heterocycles. The molecule has 1 unspecified atom stereocenters. The number of carbonyl (C=O) groups excluding carboxylic acids is 2. The molecule has 0 N–H and O–H groups in total. The van der Waals surface area contributed by atoms with Crippen LogP contribution in [0, 0.1) is 5.92 Å². The van der Waals surface area contributed by atoms with Crippen LogP contribution in [0.3, 0.4) is 0 Å². The van der Waals surface area contributed by atoms with Gasteiger partial charge in [-0.15, -0.1) is 0 Å². The Morgan fingerprint density at radius 3 is 2.50 bits per heavy atom. The number of thioether (sulfide) groups is 1. The van der Waals surface area contributed by atoms with Gasteiger partial charge in [0.2, 0.25) is 0 Å². The first kappa shape index (κ1) is 28.2. The summed E-state index contributed by atoms with van der Waals surface area (Å²) in [7, 11) is 0. The second kappa shape index (κ2) is 13.3. The molecule has 0 spiro atoms. The van der Waals surface area contributed by atoms with Crippen LogP contribution in [0.1, 0.15) is 51.3 Å². The molecule has 0 radical (unpaired) electrons. The number of nitrogens with zero attached hydrogens (tertiary/aromatic N) is 1. The molecule has 0 saturated carbocycles. The van der Waals surface area contributed by atoms with Gasteiger partial charge in [0.25, 0.3) is 5.91 Å². The number of thiocarbonyl (C=S) groups is 1. The molecule has 1 saturated heterocycles. The summed E-state index contributed by atoms with van der Waals surface area (Å²) in [6, 6.07) is 11.8. The minimum absolute atomic E-state index is 0.201. The van der Waals surface area contributed by atoms with Gasteiger partial charge in [-0.2, -0.15) is 0 Å². The number of carbonyl (C=O) groups is 2. The lowest BCUT2D eigenvalue weighted by atomic mass is 10.1. The summed E-state index contributed by atoms with van der Waals surface area (Å²) in [4.78, 5) is 28.1. The van der Waals surface area contributed by atoms with Crippen LogP contribution in [0.25, 0.3) is 6.08 Å². The Bertz CT molecular complexity index is 1140. The van der Waals surface area contributed by atoms with E-state index < -0.39 is 12.0 Å². The summed E-state index contributed by atoms with van der Waals surface area (Å²) in [5.41, 5.74) is 1.38. The standard InChI is InChI=1S/C27H30BrNO5S2/c1-5-32-21-15-18(14-20(28)24(21)34-13-12-17(3)4)16-22-25(30)29(27(35)36-22)23(26(31)33-6-2)19-10-8-7-9-11-19/h7-11,14-17,23H,5-6,12-13H2,1-4H3/b22-16+. The minimum atomic E-state index is -0.952. The number of hydrogen-bond acceptors (Lipinski definition) is 7. The molecular weight excluding hydrogens is 562 g/mol. The highest BCUT2D eigenvalue weighted by Gasteiger charge is 2.42. The van der Waals surface area contributed by atoms with Gasteiger partial charge in [-0.25, -0.2) is 4.79 Å². The largest absolute Gasteiger partial charge is 0.490 e. The van der Waals surface area contributed by atoms with Crippen molar-refractivity contribution in [2.45, 2.75) is 40.2 Å². The number of ether oxygens (including phenoxy) is 3. The topological polar surface area (TPSA) is 65.1 Å². The van der Waals surface area contributed by atoms with Gasteiger partial charge in [-0.05, 0) is 71.5 Å². The normalized spacial score (nSPS) is 15.5. The molecule has 6 nitrogen and oxygen atoms in total. The van der Waals surface area contributed by atoms with Crippen molar-refractivity contribution in [3.63, 3.8) is 0 Å². The van der Waals surface area contributed by atoms with E-state index in [2.05, 4.69) is 29.8 Å². The zero-order valence-electron chi connectivity index (χ0n) is 20.8. The Labute approximate surface area is 230 Å². The number of halogens is 1. The SMILES string of the molecule is CCOC(=O)C(c1ccccc1)N1C(=O)/C(=C\c2cc(Br)c(OCCC(C)C)c(OCC)c2)SC1=S. The molecule has 192 valence electrons. The fourth-order valence-corrected chi connectivity index (χ4v) is 5.46. The molecule has 9 heteroatoms. The number of amides is 1. The minimum Gasteiger partial charge on any atom is -0.490 e. The first-order valence-corrected chi connectivity index (χ1v) is 13.9. The van der Waals surface area contributed by atoms with E-state index in [1.54, 1.807) is 25.1 Å². The van der Waals surface area contributed by atoms with Gasteiger partial charge >= 0.3 is 5.97 Å². The van der Waals surface area contributed by atoms with Crippen LogP contribution in [-0.4, -0.2) is 40.9 Å². The number of rotatable bonds is 11. The van der Waals surface area contributed by atoms with E-state index in [0.29, 0.717) is 45.4 Å². The molecule has 1 fully saturated rings. The third kappa shape index (κ3) is 6.89. The smallest absolute Gasteiger partial charge is 0.333 e. The van der Waals surface area contributed by atoms with Crippen molar-refractivity contribution in [2.75, 3.05) is 19.8 Å². The van der Waals surface area contributed by atoms with E-state index in [1.807, 2.05) is 37.3 Å². The van der Waals surface area contributed by atoms with Crippen LogP contribution in [-0.2, 0) is 14.3 Å². The lowest BCUT2D eigenvalue weighted by molar-refractivity contribution is -0.151. The predicted molar refractivity (Wildman–Crippen MR) is 151 cm³/mol. The highest BCUT2D eigenvalue weighted by atomic mass is 79.9. The van der Waals surface area contributed by atoms with Gasteiger partial charge in [0.15, 0.2) is 17.5 Å². The van der Waals surface area contributed by atoms with Crippen molar-refractivity contribution in [1.82, 2.24) is 4.90 Å². The van der Waals surface area contributed by atoms with E-state index in [0.717, 1.165) is 28.2 Å². The van der Waals surface area contributed by atoms with Crippen LogP contribution in [0.15, 0.2) is 51.8 Å². The maximum atomic E-state index is 13.5. The number of esters is 1. The first-order valence-electron chi connectivity index (χ1n) is 11.8. The van der Waals surface area contributed by atoms with Crippen LogP contribution in [0.2, 0.25) is 0 Å². The summed E-state index contributed by atoms with van der Waals surface area (Å²) in [6.07, 6.45) is 2.67. The molecule has 0 aliphatic carbocycles. The molecule has 36 heavy (non-hydrogen) atoms. The van der Waals surface area contributed by atoms with Crippen molar-refractivity contribution < 1.29 is 23.8 Å². The van der Waals surface area contributed by atoms with Crippen molar-refractivity contribution in [1.29, 1.82) is 0 Å². The van der Waals surface area contributed by atoms with Crippen LogP contribution >= 0.6 is 39.9 Å². The van der Waals surface area contributed by atoms with Crippen molar-refractivity contribution in [3.8, 4) is 11.5 Å². The van der Waals surface area contributed by atoms with Crippen molar-refractivity contribution >= 4 is 62.2 Å². The Balaban J connectivity index is 1.93. The van der Waals surface area contributed by atoms with E-state index in [-0.39, 0.29) is 12.5 Å². The molecular formula is C27H30BrNO5S2. The highest BCUT2D eigenvalue weighted by Crippen LogP contribution is 2.41. The van der Waals surface area contributed by atoms with Crippen molar-refractivity contribution in [3.05, 3.63) is 63.0 Å². The van der Waals surface area contributed by atoms with E-state index in [1.165, 1.54) is 4.90 Å². The Hall–Kier alpha value is -2.36. The highest BCUT2D eigenvalue weighted by molar-refractivity contribution is 9.10. The summed E-state index contributed by atoms with van der Waals surface area (Å²) in [6.45, 7) is 9.17. The zero-order valence-corrected chi connectivity index (χ0v) is 24.0. The number of benzene rings is 2. The summed E-state index contributed by atoms with van der Waals surface area (Å²) in [5, 5.41) is 0. The maximum absolute atomic E-state index is 13.5. The second-order valence-electron chi connectivity index (χ2n) is 8.41. The lowest BCUT2D eigenvalue weighted by Crippen LogP contribution is -2.38. The second-order valence-corrected chi connectivity index (χ2v) is 10.9. The Morgan fingerprint density at radius 1 is 1.14 bits per heavy atom. The van der Waals surface area contributed by atoms with Crippen LogP contribution in [0.5, 0.6) is 11.5 Å². The van der Waals surface area contributed by atoms with E-state index >= 15 is 0 Å².